The summed E-state index contributed by atoms with van der Waals surface area (Å²) in [6, 6.07) is 3.70. The summed E-state index contributed by atoms with van der Waals surface area (Å²) in [6.45, 7) is 0. The summed E-state index contributed by atoms with van der Waals surface area (Å²) in [5.74, 6) is 4.75. The maximum atomic E-state index is 12.0. The molecule has 1 amide bonds. The maximum Gasteiger partial charge on any atom is 0.275 e. The molecule has 21 heavy (non-hydrogen) atoms. The predicted octanol–water partition coefficient (Wildman–Crippen LogP) is 1.58. The number of carbonyl (C=O) groups excluding carboxylic acids is 1. The van der Waals surface area contributed by atoms with Gasteiger partial charge in [-0.1, -0.05) is 11.6 Å². The third-order valence-electron chi connectivity index (χ3n) is 2.42. The monoisotopic (exact) mass is 308 g/mol. The Morgan fingerprint density at radius 1 is 1.38 bits per heavy atom. The number of hydrazine groups is 1. The van der Waals surface area contributed by atoms with Gasteiger partial charge in [0.2, 0.25) is 0 Å². The number of rotatable bonds is 4. The number of non-ortho nitro benzene ring substituents is 1. The third kappa shape index (κ3) is 3.41. The van der Waals surface area contributed by atoms with Crippen molar-refractivity contribution in [3.05, 3.63) is 51.4 Å². The molecule has 0 saturated heterocycles. The normalized spacial score (nSPS) is 10.0. The Morgan fingerprint density at radius 3 is 2.81 bits per heavy atom. The van der Waals surface area contributed by atoms with Crippen molar-refractivity contribution in [3.63, 3.8) is 0 Å². The quantitative estimate of drug-likeness (QED) is 0.443. The van der Waals surface area contributed by atoms with Gasteiger partial charge in [-0.2, -0.15) is 0 Å². The number of hydrogen-bond donors (Lipinski definition) is 3. The number of anilines is 2. The van der Waals surface area contributed by atoms with E-state index in [0.29, 0.717) is 0 Å². The number of nitrogens with two attached hydrogens (primary N) is 1. The fourth-order valence-electron chi connectivity index (χ4n) is 1.45. The van der Waals surface area contributed by atoms with Crippen LogP contribution in [0.2, 0.25) is 5.02 Å². The number of nitrogens with one attached hydrogen (secondary N) is 2. The summed E-state index contributed by atoms with van der Waals surface area (Å²) in [5.41, 5.74) is 2.14. The van der Waals surface area contributed by atoms with Crippen molar-refractivity contribution in [2.45, 2.75) is 0 Å². The summed E-state index contributed by atoms with van der Waals surface area (Å²) >= 11 is 5.89. The van der Waals surface area contributed by atoms with Gasteiger partial charge in [-0.05, 0) is 6.07 Å². The molecule has 108 valence electrons. The van der Waals surface area contributed by atoms with Crippen LogP contribution in [0.5, 0.6) is 0 Å². The Bertz CT molecular complexity index is 708. The average molecular weight is 309 g/mol. The van der Waals surface area contributed by atoms with Crippen LogP contribution in [0.4, 0.5) is 17.2 Å². The fraction of sp³-hybridized carbons (Fsp3) is 0. The first-order valence-electron chi connectivity index (χ1n) is 5.55. The Balaban J connectivity index is 2.26. The Labute approximate surface area is 123 Å². The maximum absolute atomic E-state index is 12.0. The van der Waals surface area contributed by atoms with Gasteiger partial charge in [-0.25, -0.2) is 10.8 Å². The van der Waals surface area contributed by atoms with E-state index >= 15 is 0 Å². The van der Waals surface area contributed by atoms with Crippen LogP contribution in [-0.2, 0) is 0 Å². The third-order valence-corrected chi connectivity index (χ3v) is 2.75. The molecule has 2 rings (SSSR count). The van der Waals surface area contributed by atoms with Crippen LogP contribution in [0, 0.1) is 10.1 Å². The van der Waals surface area contributed by atoms with Gasteiger partial charge in [0.1, 0.15) is 5.69 Å². The van der Waals surface area contributed by atoms with E-state index in [1.54, 1.807) is 0 Å². The van der Waals surface area contributed by atoms with Crippen molar-refractivity contribution >= 4 is 34.7 Å². The molecule has 9 nitrogen and oxygen atoms in total. The number of hydrogen-bond acceptors (Lipinski definition) is 7. The van der Waals surface area contributed by atoms with Gasteiger partial charge in [-0.3, -0.25) is 19.9 Å². The molecule has 0 fully saturated rings. The van der Waals surface area contributed by atoms with Gasteiger partial charge in [-0.15, -0.1) is 0 Å². The molecule has 0 aliphatic rings. The molecule has 0 aliphatic carbocycles. The number of nitro groups is 1. The van der Waals surface area contributed by atoms with E-state index in [2.05, 4.69) is 20.7 Å². The van der Waals surface area contributed by atoms with Gasteiger partial charge in [0, 0.05) is 12.1 Å². The highest BCUT2D eigenvalue weighted by atomic mass is 35.5. The van der Waals surface area contributed by atoms with E-state index in [1.807, 2.05) is 0 Å². The van der Waals surface area contributed by atoms with Crippen LogP contribution in [0.1, 0.15) is 10.5 Å². The van der Waals surface area contributed by atoms with Crippen LogP contribution in [-0.4, -0.2) is 20.8 Å². The second kappa shape index (κ2) is 6.11. The first-order valence-corrected chi connectivity index (χ1v) is 5.93. The lowest BCUT2D eigenvalue weighted by atomic mass is 10.2. The van der Waals surface area contributed by atoms with Gasteiger partial charge >= 0.3 is 0 Å². The molecule has 4 N–H and O–H groups in total. The van der Waals surface area contributed by atoms with E-state index in [1.165, 1.54) is 24.5 Å². The molecule has 1 aromatic heterocycles. The number of carbonyl (C=O) groups is 1. The van der Waals surface area contributed by atoms with Crippen molar-refractivity contribution in [1.29, 1.82) is 0 Å². The lowest BCUT2D eigenvalue weighted by Gasteiger charge is -2.07. The van der Waals surface area contributed by atoms with Crippen LogP contribution >= 0.6 is 11.6 Å². The number of nitrogen functional groups attached to an aromatic ring is 1. The smallest absolute Gasteiger partial charge is 0.275 e. The van der Waals surface area contributed by atoms with Crippen LogP contribution in [0.3, 0.4) is 0 Å². The first-order chi connectivity index (χ1) is 10.0. The Morgan fingerprint density at radius 2 is 2.14 bits per heavy atom. The zero-order valence-corrected chi connectivity index (χ0v) is 11.2. The number of nitrogens with zero attached hydrogens (tertiary/aromatic N) is 3. The summed E-state index contributed by atoms with van der Waals surface area (Å²) in [6.07, 6.45) is 2.55. The molecular formula is C11H9ClN6O3. The van der Waals surface area contributed by atoms with Crippen molar-refractivity contribution in [2.24, 2.45) is 5.84 Å². The largest absolute Gasteiger partial charge is 0.319 e. The minimum absolute atomic E-state index is 0.0203. The predicted molar refractivity (Wildman–Crippen MR) is 75.9 cm³/mol. The molecule has 0 spiro atoms. The molecule has 1 aromatic carbocycles. The minimum Gasteiger partial charge on any atom is -0.319 e. The van der Waals surface area contributed by atoms with E-state index in [-0.39, 0.29) is 27.9 Å². The average Bonchev–Trinajstić information content (AvgIpc) is 2.49. The van der Waals surface area contributed by atoms with Gasteiger partial charge in [0.25, 0.3) is 11.6 Å². The molecule has 0 bridgehead atoms. The van der Waals surface area contributed by atoms with Crippen LogP contribution in [0.15, 0.2) is 30.6 Å². The SMILES string of the molecule is NNc1cncc(C(=O)Nc2cc([N+](=O)[O-])ccc2Cl)n1. The van der Waals surface area contributed by atoms with E-state index in [9.17, 15) is 14.9 Å². The van der Waals surface area contributed by atoms with Gasteiger partial charge < -0.3 is 10.7 Å². The minimum atomic E-state index is -0.623. The summed E-state index contributed by atoms with van der Waals surface area (Å²) in [7, 11) is 0. The number of halogens is 1. The van der Waals surface area contributed by atoms with E-state index < -0.39 is 10.8 Å². The molecule has 0 aliphatic heterocycles. The molecule has 0 radical (unpaired) electrons. The van der Waals surface area contributed by atoms with Gasteiger partial charge in [0.05, 0.1) is 28.0 Å². The number of amides is 1. The topological polar surface area (TPSA) is 136 Å². The number of benzene rings is 1. The molecular weight excluding hydrogens is 300 g/mol. The van der Waals surface area contributed by atoms with Gasteiger partial charge in [0.15, 0.2) is 5.82 Å². The standard InChI is InChI=1S/C11H9ClN6O3/c12-7-2-1-6(18(20)21)3-8(7)16-11(19)9-4-14-5-10(15-9)17-13/h1-5H,13H2,(H,15,17)(H,16,19). The molecule has 0 atom stereocenters. The Kier molecular flexibility index (Phi) is 4.26. The zero-order valence-electron chi connectivity index (χ0n) is 10.4. The molecule has 2 aromatic rings. The molecule has 1 heterocycles. The molecule has 0 unspecified atom stereocenters. The van der Waals surface area contributed by atoms with Crippen molar-refractivity contribution in [2.75, 3.05) is 10.7 Å². The highest BCUT2D eigenvalue weighted by molar-refractivity contribution is 6.34. The van der Waals surface area contributed by atoms with E-state index in [4.69, 9.17) is 17.4 Å². The van der Waals surface area contributed by atoms with Crippen molar-refractivity contribution in [3.8, 4) is 0 Å². The van der Waals surface area contributed by atoms with E-state index in [0.717, 1.165) is 6.07 Å². The second-order valence-electron chi connectivity index (χ2n) is 3.81. The first kappa shape index (κ1) is 14.6. The van der Waals surface area contributed by atoms with Crippen molar-refractivity contribution < 1.29 is 9.72 Å². The molecule has 10 heteroatoms. The summed E-state index contributed by atoms with van der Waals surface area (Å²) in [4.78, 5) is 29.8. The number of nitro benzene ring substituents is 1. The number of aromatic nitrogens is 2. The van der Waals surface area contributed by atoms with Crippen molar-refractivity contribution in [1.82, 2.24) is 9.97 Å². The fourth-order valence-corrected chi connectivity index (χ4v) is 1.62. The Hall–Kier alpha value is -2.78. The highest BCUT2D eigenvalue weighted by Crippen LogP contribution is 2.26. The summed E-state index contributed by atoms with van der Waals surface area (Å²) < 4.78 is 0. The lowest BCUT2D eigenvalue weighted by Crippen LogP contribution is -2.17. The highest BCUT2D eigenvalue weighted by Gasteiger charge is 2.14. The summed E-state index contributed by atoms with van der Waals surface area (Å²) in [5, 5.41) is 13.3. The van der Waals surface area contributed by atoms with Crippen LogP contribution < -0.4 is 16.6 Å². The lowest BCUT2D eigenvalue weighted by molar-refractivity contribution is -0.384. The molecule has 0 saturated carbocycles. The van der Waals surface area contributed by atoms with Crippen LogP contribution in [0.25, 0.3) is 0 Å². The zero-order chi connectivity index (χ0) is 15.4. The second-order valence-corrected chi connectivity index (χ2v) is 4.22.